The van der Waals surface area contributed by atoms with Crippen molar-refractivity contribution in [3.05, 3.63) is 29.3 Å². The van der Waals surface area contributed by atoms with Crippen LogP contribution in [0.5, 0.6) is 0 Å². The average Bonchev–Trinajstić information content (AvgIpc) is 2.03. The van der Waals surface area contributed by atoms with Crippen LogP contribution in [0.4, 0.5) is 8.78 Å². The molecular weight excluding hydrogens is 168 g/mol. The molecule has 0 saturated carbocycles. The van der Waals surface area contributed by atoms with E-state index in [1.165, 1.54) is 0 Å². The quantitative estimate of drug-likeness (QED) is 0.735. The number of rotatable bonds is 2. The van der Waals surface area contributed by atoms with Crippen LogP contribution in [-0.4, -0.2) is 16.1 Å². The normalized spacial score (nSPS) is 9.83. The summed E-state index contributed by atoms with van der Waals surface area (Å²) in [4.78, 5) is 13.5. The Morgan fingerprint density at radius 3 is 2.75 bits per heavy atom. The number of hydrogen-bond acceptors (Lipinski definition) is 2. The summed E-state index contributed by atoms with van der Waals surface area (Å²) in [6.45, 7) is -0.857. The summed E-state index contributed by atoms with van der Waals surface area (Å²) >= 11 is 0. The maximum Gasteiger partial charge on any atom is 0.357 e. The van der Waals surface area contributed by atoms with Crippen molar-refractivity contribution < 1.29 is 18.7 Å². The number of pyridine rings is 1. The summed E-state index contributed by atoms with van der Waals surface area (Å²) in [7, 11) is 0. The van der Waals surface area contributed by atoms with Crippen LogP contribution in [0.2, 0.25) is 0 Å². The molecule has 0 radical (unpaired) electrons. The van der Waals surface area contributed by atoms with Crippen molar-refractivity contribution >= 4 is 5.97 Å². The van der Waals surface area contributed by atoms with Gasteiger partial charge in [-0.3, -0.25) is 0 Å². The van der Waals surface area contributed by atoms with Gasteiger partial charge in [0.15, 0.2) is 11.5 Å². The van der Waals surface area contributed by atoms with Gasteiger partial charge in [0.2, 0.25) is 0 Å². The van der Waals surface area contributed by atoms with Crippen LogP contribution in [0.1, 0.15) is 16.1 Å². The van der Waals surface area contributed by atoms with Crippen molar-refractivity contribution in [1.29, 1.82) is 0 Å². The topological polar surface area (TPSA) is 50.2 Å². The van der Waals surface area contributed by atoms with Gasteiger partial charge in [-0.1, -0.05) is 0 Å². The lowest BCUT2D eigenvalue weighted by molar-refractivity contribution is 0.0685. The highest BCUT2D eigenvalue weighted by molar-refractivity contribution is 5.85. The summed E-state index contributed by atoms with van der Waals surface area (Å²) in [5.74, 6) is -2.48. The van der Waals surface area contributed by atoms with Gasteiger partial charge in [0.1, 0.15) is 6.67 Å². The predicted octanol–water partition coefficient (Wildman–Crippen LogP) is 1.39. The Hall–Kier alpha value is -1.52. The van der Waals surface area contributed by atoms with Gasteiger partial charge in [-0.25, -0.2) is 18.6 Å². The number of halogens is 2. The van der Waals surface area contributed by atoms with Crippen LogP contribution in [0.3, 0.4) is 0 Å². The molecule has 64 valence electrons. The molecule has 0 aliphatic rings. The number of nitrogens with zero attached hydrogens (tertiary/aromatic N) is 1. The Balaban J connectivity index is 3.12. The van der Waals surface area contributed by atoms with Crippen LogP contribution < -0.4 is 0 Å². The summed E-state index contributed by atoms with van der Waals surface area (Å²) in [6, 6.07) is 0.816. The van der Waals surface area contributed by atoms with E-state index in [0.717, 1.165) is 12.3 Å². The molecule has 1 rings (SSSR count). The van der Waals surface area contributed by atoms with Gasteiger partial charge in [0.05, 0.1) is 0 Å². The molecule has 12 heavy (non-hydrogen) atoms. The SMILES string of the molecule is O=C(O)c1ncc(CF)cc1F. The number of aromatic carboxylic acids is 1. The zero-order valence-electron chi connectivity index (χ0n) is 5.92. The molecule has 0 fully saturated rings. The summed E-state index contributed by atoms with van der Waals surface area (Å²) < 4.78 is 24.6. The van der Waals surface area contributed by atoms with Crippen molar-refractivity contribution in [2.24, 2.45) is 0 Å². The predicted molar refractivity (Wildman–Crippen MR) is 36.0 cm³/mol. The van der Waals surface area contributed by atoms with E-state index in [1.807, 2.05) is 0 Å². The molecule has 0 saturated heterocycles. The summed E-state index contributed by atoms with van der Waals surface area (Å²) in [5.41, 5.74) is -0.662. The first kappa shape index (κ1) is 8.58. The van der Waals surface area contributed by atoms with Crippen molar-refractivity contribution in [2.45, 2.75) is 6.67 Å². The summed E-state index contributed by atoms with van der Waals surface area (Å²) in [5, 5.41) is 8.33. The van der Waals surface area contributed by atoms with Crippen molar-refractivity contribution in [3.8, 4) is 0 Å². The van der Waals surface area contributed by atoms with Gasteiger partial charge in [-0.05, 0) is 6.07 Å². The van der Waals surface area contributed by atoms with E-state index < -0.39 is 24.2 Å². The smallest absolute Gasteiger partial charge is 0.357 e. The second-order valence-electron chi connectivity index (χ2n) is 2.11. The lowest BCUT2D eigenvalue weighted by Gasteiger charge is -1.97. The minimum atomic E-state index is -1.46. The lowest BCUT2D eigenvalue weighted by Crippen LogP contribution is -2.04. The van der Waals surface area contributed by atoms with E-state index in [9.17, 15) is 13.6 Å². The van der Waals surface area contributed by atoms with Crippen molar-refractivity contribution in [2.75, 3.05) is 0 Å². The zero-order chi connectivity index (χ0) is 9.14. The standard InChI is InChI=1S/C7H5F2NO2/c8-2-4-1-5(9)6(7(11)12)10-3-4/h1,3H,2H2,(H,11,12). The Morgan fingerprint density at radius 2 is 2.33 bits per heavy atom. The molecule has 0 unspecified atom stereocenters. The van der Waals surface area contributed by atoms with E-state index in [1.54, 1.807) is 0 Å². The molecular formula is C7H5F2NO2. The highest BCUT2D eigenvalue weighted by Crippen LogP contribution is 2.07. The number of carboxylic acid groups (broad SMARTS) is 1. The molecule has 0 aromatic carbocycles. The van der Waals surface area contributed by atoms with E-state index in [-0.39, 0.29) is 5.56 Å². The average molecular weight is 173 g/mol. The van der Waals surface area contributed by atoms with Crippen molar-refractivity contribution in [3.63, 3.8) is 0 Å². The molecule has 0 spiro atoms. The number of alkyl halides is 1. The van der Waals surface area contributed by atoms with E-state index in [2.05, 4.69) is 4.98 Å². The maximum absolute atomic E-state index is 12.7. The minimum Gasteiger partial charge on any atom is -0.476 e. The lowest BCUT2D eigenvalue weighted by atomic mass is 10.2. The number of hydrogen-bond donors (Lipinski definition) is 1. The number of carboxylic acids is 1. The number of aromatic nitrogens is 1. The van der Waals surface area contributed by atoms with Gasteiger partial charge in [0, 0.05) is 11.8 Å². The molecule has 1 heterocycles. The monoisotopic (exact) mass is 173 g/mol. The van der Waals surface area contributed by atoms with Gasteiger partial charge in [-0.15, -0.1) is 0 Å². The molecule has 1 aromatic rings. The second kappa shape index (κ2) is 3.25. The van der Waals surface area contributed by atoms with Crippen LogP contribution in [-0.2, 0) is 6.67 Å². The van der Waals surface area contributed by atoms with E-state index in [0.29, 0.717) is 0 Å². The largest absolute Gasteiger partial charge is 0.476 e. The first-order chi connectivity index (χ1) is 5.65. The van der Waals surface area contributed by atoms with E-state index in [4.69, 9.17) is 5.11 Å². The van der Waals surface area contributed by atoms with Crippen LogP contribution in [0.25, 0.3) is 0 Å². The zero-order valence-corrected chi connectivity index (χ0v) is 5.92. The fraction of sp³-hybridized carbons (Fsp3) is 0.143. The van der Waals surface area contributed by atoms with Gasteiger partial charge < -0.3 is 5.11 Å². The van der Waals surface area contributed by atoms with Crippen LogP contribution in [0.15, 0.2) is 12.3 Å². The number of carbonyl (C=O) groups is 1. The molecule has 1 aromatic heterocycles. The third-order valence-corrected chi connectivity index (χ3v) is 1.25. The minimum absolute atomic E-state index is 0.0255. The van der Waals surface area contributed by atoms with Crippen molar-refractivity contribution in [1.82, 2.24) is 4.98 Å². The molecule has 0 atom stereocenters. The van der Waals surface area contributed by atoms with Gasteiger partial charge >= 0.3 is 5.97 Å². The Morgan fingerprint density at radius 1 is 1.67 bits per heavy atom. The first-order valence-corrected chi connectivity index (χ1v) is 3.09. The third-order valence-electron chi connectivity index (χ3n) is 1.25. The highest BCUT2D eigenvalue weighted by atomic mass is 19.1. The fourth-order valence-electron chi connectivity index (χ4n) is 0.708. The maximum atomic E-state index is 12.7. The second-order valence-corrected chi connectivity index (χ2v) is 2.11. The molecule has 0 amide bonds. The van der Waals surface area contributed by atoms with Gasteiger partial charge in [0.25, 0.3) is 0 Å². The highest BCUT2D eigenvalue weighted by Gasteiger charge is 2.11. The first-order valence-electron chi connectivity index (χ1n) is 3.09. The van der Waals surface area contributed by atoms with Gasteiger partial charge in [-0.2, -0.15) is 0 Å². The van der Waals surface area contributed by atoms with Crippen LogP contribution in [0, 0.1) is 5.82 Å². The Bertz CT molecular complexity index is 314. The molecule has 0 aliphatic carbocycles. The molecule has 1 N–H and O–H groups in total. The van der Waals surface area contributed by atoms with E-state index >= 15 is 0 Å². The Labute approximate surface area is 66.7 Å². The fourth-order valence-corrected chi connectivity index (χ4v) is 0.708. The third kappa shape index (κ3) is 1.55. The molecule has 0 aliphatic heterocycles. The Kier molecular flexibility index (Phi) is 2.32. The summed E-state index contributed by atoms with van der Waals surface area (Å²) in [6.07, 6.45) is 0.993. The molecule has 5 heteroatoms. The van der Waals surface area contributed by atoms with Crippen LogP contribution >= 0.6 is 0 Å². The molecule has 0 bridgehead atoms. The molecule has 3 nitrogen and oxygen atoms in total.